The first-order chi connectivity index (χ1) is 13.3. The van der Waals surface area contributed by atoms with E-state index in [9.17, 15) is 4.79 Å². The van der Waals surface area contributed by atoms with E-state index in [0.717, 1.165) is 28.1 Å². The van der Waals surface area contributed by atoms with Crippen molar-refractivity contribution in [2.45, 2.75) is 40.5 Å². The van der Waals surface area contributed by atoms with Crippen LogP contribution in [0.2, 0.25) is 0 Å². The van der Waals surface area contributed by atoms with Crippen LogP contribution in [0.4, 0.5) is 17.3 Å². The van der Waals surface area contributed by atoms with E-state index in [-0.39, 0.29) is 5.91 Å². The van der Waals surface area contributed by atoms with Gasteiger partial charge in [0, 0.05) is 23.8 Å². The summed E-state index contributed by atoms with van der Waals surface area (Å²) in [5.41, 5.74) is 6.68. The van der Waals surface area contributed by atoms with Crippen LogP contribution in [0.15, 0.2) is 48.8 Å². The third-order valence-corrected chi connectivity index (χ3v) is 4.72. The average molecular weight is 374 g/mol. The number of aromatic nitrogens is 2. The summed E-state index contributed by atoms with van der Waals surface area (Å²) in [5, 5.41) is 6.23. The smallest absolute Gasteiger partial charge is 0.258 e. The maximum Gasteiger partial charge on any atom is 0.258 e. The second-order valence-electron chi connectivity index (χ2n) is 7.39. The van der Waals surface area contributed by atoms with Crippen LogP contribution in [0, 0.1) is 20.8 Å². The molecule has 0 aliphatic heterocycles. The van der Waals surface area contributed by atoms with Crippen LogP contribution in [0.3, 0.4) is 0 Å². The normalized spacial score (nSPS) is 10.8. The Bertz CT molecular complexity index is 994. The molecule has 3 aromatic rings. The van der Waals surface area contributed by atoms with E-state index in [1.807, 2.05) is 32.0 Å². The molecule has 5 heteroatoms. The summed E-state index contributed by atoms with van der Waals surface area (Å²) in [6.07, 6.45) is 3.09. The van der Waals surface area contributed by atoms with Gasteiger partial charge in [0.15, 0.2) is 0 Å². The molecule has 0 unspecified atom stereocenters. The maximum absolute atomic E-state index is 12.5. The second-order valence-corrected chi connectivity index (χ2v) is 7.39. The highest BCUT2D eigenvalue weighted by Gasteiger charge is 2.12. The van der Waals surface area contributed by atoms with Crippen LogP contribution in [0.5, 0.6) is 0 Å². The molecule has 0 aliphatic carbocycles. The van der Waals surface area contributed by atoms with E-state index in [1.165, 1.54) is 5.56 Å². The molecule has 0 atom stereocenters. The number of anilines is 3. The van der Waals surface area contributed by atoms with Gasteiger partial charge in [-0.25, -0.2) is 9.97 Å². The predicted molar refractivity (Wildman–Crippen MR) is 114 cm³/mol. The zero-order valence-electron chi connectivity index (χ0n) is 17.0. The predicted octanol–water partition coefficient (Wildman–Crippen LogP) is 5.52. The molecule has 144 valence electrons. The van der Waals surface area contributed by atoms with Crippen LogP contribution in [-0.4, -0.2) is 15.9 Å². The van der Waals surface area contributed by atoms with Gasteiger partial charge in [0.25, 0.3) is 5.91 Å². The number of benzene rings is 2. The molecule has 1 amide bonds. The molecular formula is C23H26N4O. The van der Waals surface area contributed by atoms with Crippen LogP contribution in [-0.2, 0) is 0 Å². The van der Waals surface area contributed by atoms with E-state index >= 15 is 0 Å². The fourth-order valence-corrected chi connectivity index (χ4v) is 3.03. The Morgan fingerprint density at radius 1 is 0.964 bits per heavy atom. The highest BCUT2D eigenvalue weighted by molar-refractivity contribution is 6.04. The Morgan fingerprint density at radius 2 is 1.68 bits per heavy atom. The zero-order valence-corrected chi connectivity index (χ0v) is 17.0. The van der Waals surface area contributed by atoms with Gasteiger partial charge in [0.05, 0.1) is 5.56 Å². The molecule has 0 fully saturated rings. The minimum Gasteiger partial charge on any atom is -0.324 e. The highest BCUT2D eigenvalue weighted by atomic mass is 16.1. The Hall–Kier alpha value is -3.21. The van der Waals surface area contributed by atoms with Crippen LogP contribution in [0.1, 0.15) is 52.4 Å². The van der Waals surface area contributed by atoms with Gasteiger partial charge in [0.2, 0.25) is 5.95 Å². The lowest BCUT2D eigenvalue weighted by Gasteiger charge is -2.16. The van der Waals surface area contributed by atoms with Crippen LogP contribution in [0.25, 0.3) is 0 Å². The highest BCUT2D eigenvalue weighted by Crippen LogP contribution is 2.29. The molecule has 1 heterocycles. The molecule has 0 bridgehead atoms. The quantitative estimate of drug-likeness (QED) is 0.617. The van der Waals surface area contributed by atoms with Gasteiger partial charge in [-0.3, -0.25) is 4.79 Å². The summed E-state index contributed by atoms with van der Waals surface area (Å²) >= 11 is 0. The molecule has 2 N–H and O–H groups in total. The standard InChI is InChI=1S/C23H26N4O/c1-14(2)19-8-6-7-17(5)21(19)27-23-24-12-18(13-25-23)22(28)26-20-11-15(3)9-10-16(20)4/h6-14H,1-5H3,(H,26,28)(H,24,25,27). The molecule has 3 rings (SSSR count). The summed E-state index contributed by atoms with van der Waals surface area (Å²) < 4.78 is 0. The molecular weight excluding hydrogens is 348 g/mol. The fourth-order valence-electron chi connectivity index (χ4n) is 3.03. The van der Waals surface area contributed by atoms with Gasteiger partial charge in [-0.2, -0.15) is 0 Å². The first-order valence-electron chi connectivity index (χ1n) is 9.42. The third kappa shape index (κ3) is 4.36. The number of hydrogen-bond acceptors (Lipinski definition) is 4. The number of hydrogen-bond donors (Lipinski definition) is 2. The number of nitrogens with one attached hydrogen (secondary N) is 2. The van der Waals surface area contributed by atoms with Crippen molar-refractivity contribution in [3.8, 4) is 0 Å². The molecule has 0 radical (unpaired) electrons. The number of carbonyl (C=O) groups is 1. The van der Waals surface area contributed by atoms with Gasteiger partial charge in [-0.05, 0) is 55.0 Å². The topological polar surface area (TPSA) is 66.9 Å². The average Bonchev–Trinajstić information content (AvgIpc) is 2.66. The molecule has 0 saturated carbocycles. The number of amides is 1. The minimum atomic E-state index is -0.223. The SMILES string of the molecule is Cc1ccc(C)c(NC(=O)c2cnc(Nc3c(C)cccc3C(C)C)nc2)c1. The van der Waals surface area contributed by atoms with Gasteiger partial charge in [0.1, 0.15) is 0 Å². The number of rotatable bonds is 5. The van der Waals surface area contributed by atoms with E-state index < -0.39 is 0 Å². The first-order valence-corrected chi connectivity index (χ1v) is 9.42. The number of aryl methyl sites for hydroxylation is 3. The monoisotopic (exact) mass is 374 g/mol. The Balaban J connectivity index is 1.77. The van der Waals surface area contributed by atoms with Crippen molar-refractivity contribution in [2.24, 2.45) is 0 Å². The number of carbonyl (C=O) groups excluding carboxylic acids is 1. The molecule has 0 saturated heterocycles. The van der Waals surface area contributed by atoms with E-state index in [2.05, 4.69) is 59.6 Å². The van der Waals surface area contributed by atoms with Crippen molar-refractivity contribution in [3.05, 3.63) is 76.6 Å². The van der Waals surface area contributed by atoms with Crippen molar-refractivity contribution < 1.29 is 4.79 Å². The summed E-state index contributed by atoms with van der Waals surface area (Å²) in [6, 6.07) is 12.2. The van der Waals surface area contributed by atoms with Crippen molar-refractivity contribution in [1.82, 2.24) is 9.97 Å². The Kier molecular flexibility index (Phi) is 5.73. The molecule has 28 heavy (non-hydrogen) atoms. The molecule has 0 aliphatic rings. The Morgan fingerprint density at radius 3 is 2.36 bits per heavy atom. The summed E-state index contributed by atoms with van der Waals surface area (Å²) in [5.74, 6) is 0.628. The van der Waals surface area contributed by atoms with E-state index in [1.54, 1.807) is 12.4 Å². The molecule has 5 nitrogen and oxygen atoms in total. The first kappa shape index (κ1) is 19.5. The largest absolute Gasteiger partial charge is 0.324 e. The zero-order chi connectivity index (χ0) is 20.3. The summed E-state index contributed by atoms with van der Waals surface area (Å²) in [7, 11) is 0. The Labute approximate surface area is 166 Å². The van der Waals surface area contributed by atoms with Crippen molar-refractivity contribution in [1.29, 1.82) is 0 Å². The number of nitrogens with zero attached hydrogens (tertiary/aromatic N) is 2. The third-order valence-electron chi connectivity index (χ3n) is 4.72. The maximum atomic E-state index is 12.5. The van der Waals surface area contributed by atoms with Crippen LogP contribution >= 0.6 is 0 Å². The van der Waals surface area contributed by atoms with Crippen molar-refractivity contribution in [3.63, 3.8) is 0 Å². The molecule has 0 spiro atoms. The van der Waals surface area contributed by atoms with Crippen molar-refractivity contribution >= 4 is 23.2 Å². The molecule has 2 aromatic carbocycles. The summed E-state index contributed by atoms with van der Waals surface area (Å²) in [6.45, 7) is 10.3. The van der Waals surface area contributed by atoms with Gasteiger partial charge >= 0.3 is 0 Å². The lowest BCUT2D eigenvalue weighted by Crippen LogP contribution is -2.14. The fraction of sp³-hybridized carbons (Fsp3) is 0.261. The van der Waals surface area contributed by atoms with Crippen LogP contribution < -0.4 is 10.6 Å². The lowest BCUT2D eigenvalue weighted by atomic mass is 9.98. The van der Waals surface area contributed by atoms with Gasteiger partial charge in [-0.15, -0.1) is 0 Å². The number of para-hydroxylation sites is 1. The molecule has 1 aromatic heterocycles. The van der Waals surface area contributed by atoms with Gasteiger partial charge in [-0.1, -0.05) is 44.2 Å². The minimum absolute atomic E-state index is 0.223. The van der Waals surface area contributed by atoms with Gasteiger partial charge < -0.3 is 10.6 Å². The van der Waals surface area contributed by atoms with E-state index in [4.69, 9.17) is 0 Å². The second kappa shape index (κ2) is 8.21. The lowest BCUT2D eigenvalue weighted by molar-refractivity contribution is 0.102. The summed E-state index contributed by atoms with van der Waals surface area (Å²) in [4.78, 5) is 21.2. The van der Waals surface area contributed by atoms with E-state index in [0.29, 0.717) is 17.4 Å². The van der Waals surface area contributed by atoms with Crippen molar-refractivity contribution in [2.75, 3.05) is 10.6 Å².